The van der Waals surface area contributed by atoms with E-state index in [-0.39, 0.29) is 40.0 Å². The molecular formula is C26H22F3N3O4. The number of amides is 1. The topological polar surface area (TPSA) is 107 Å². The lowest BCUT2D eigenvalue weighted by molar-refractivity contribution is -0.137. The number of phenols is 2. The summed E-state index contributed by atoms with van der Waals surface area (Å²) >= 11 is 0. The Hall–Kier alpha value is -4.21. The van der Waals surface area contributed by atoms with E-state index in [0.29, 0.717) is 11.1 Å². The predicted molar refractivity (Wildman–Crippen MR) is 127 cm³/mol. The minimum absolute atomic E-state index is 0.0420. The average Bonchev–Trinajstić information content (AvgIpc) is 3.45. The smallest absolute Gasteiger partial charge is 0.416 e. The van der Waals surface area contributed by atoms with Crippen molar-refractivity contribution in [3.63, 3.8) is 0 Å². The Morgan fingerprint density at radius 3 is 2.47 bits per heavy atom. The molecule has 7 nitrogen and oxygen atoms in total. The van der Waals surface area contributed by atoms with Crippen LogP contribution in [0.2, 0.25) is 0 Å². The molecule has 1 amide bonds. The van der Waals surface area contributed by atoms with Gasteiger partial charge in [0.05, 0.1) is 22.3 Å². The molecule has 10 heteroatoms. The van der Waals surface area contributed by atoms with Crippen molar-refractivity contribution in [1.29, 1.82) is 0 Å². The zero-order chi connectivity index (χ0) is 25.6. The molecule has 0 unspecified atom stereocenters. The van der Waals surface area contributed by atoms with Crippen molar-refractivity contribution in [2.75, 3.05) is 0 Å². The highest BCUT2D eigenvalue weighted by molar-refractivity contribution is 5.96. The normalized spacial score (nSPS) is 14.4. The largest absolute Gasteiger partial charge is 0.507 e. The maximum absolute atomic E-state index is 13.1. The molecule has 1 aliphatic carbocycles. The molecule has 1 heterocycles. The van der Waals surface area contributed by atoms with Gasteiger partial charge in [0.25, 0.3) is 5.91 Å². The highest BCUT2D eigenvalue weighted by Crippen LogP contribution is 2.38. The van der Waals surface area contributed by atoms with Crippen LogP contribution in [0.15, 0.2) is 59.4 Å². The number of rotatable bonds is 4. The lowest BCUT2D eigenvalue weighted by Crippen LogP contribution is -2.32. The fourth-order valence-corrected chi connectivity index (χ4v) is 4.67. The number of nitrogens with zero attached hydrogens (tertiary/aromatic N) is 1. The van der Waals surface area contributed by atoms with Crippen LogP contribution in [0.4, 0.5) is 13.2 Å². The summed E-state index contributed by atoms with van der Waals surface area (Å²) in [4.78, 5) is 27.8. The number of H-pyrrole nitrogens is 1. The van der Waals surface area contributed by atoms with Gasteiger partial charge in [-0.1, -0.05) is 25.0 Å². The number of carbonyl (C=O) groups excluding carboxylic acids is 1. The van der Waals surface area contributed by atoms with Crippen molar-refractivity contribution in [2.24, 2.45) is 0 Å². The number of carbonyl (C=O) groups is 1. The van der Waals surface area contributed by atoms with Crippen LogP contribution in [-0.2, 0) is 6.18 Å². The molecule has 3 aromatic carbocycles. The fraction of sp³-hybridized carbons (Fsp3) is 0.231. The monoisotopic (exact) mass is 497 g/mol. The number of hydrogen-bond acceptors (Lipinski definition) is 4. The molecule has 0 aliphatic heterocycles. The number of fused-ring (bicyclic) bond motifs is 1. The third-order valence-electron chi connectivity index (χ3n) is 6.47. The van der Waals surface area contributed by atoms with E-state index >= 15 is 0 Å². The van der Waals surface area contributed by atoms with Gasteiger partial charge < -0.3 is 20.5 Å². The highest BCUT2D eigenvalue weighted by atomic mass is 19.4. The molecule has 1 fully saturated rings. The van der Waals surface area contributed by atoms with Crippen LogP contribution in [-0.4, -0.2) is 31.7 Å². The zero-order valence-electron chi connectivity index (χ0n) is 18.9. The Balaban J connectivity index is 1.57. The van der Waals surface area contributed by atoms with Gasteiger partial charge in [-0.05, 0) is 54.8 Å². The first kappa shape index (κ1) is 23.5. The van der Waals surface area contributed by atoms with Crippen molar-refractivity contribution in [3.05, 3.63) is 76.2 Å². The number of imidazole rings is 1. The molecule has 36 heavy (non-hydrogen) atoms. The van der Waals surface area contributed by atoms with Crippen LogP contribution in [0.25, 0.3) is 27.8 Å². The van der Waals surface area contributed by atoms with Gasteiger partial charge in [0.15, 0.2) is 0 Å². The molecule has 1 saturated carbocycles. The Morgan fingerprint density at radius 2 is 1.75 bits per heavy atom. The van der Waals surface area contributed by atoms with E-state index in [1.165, 1.54) is 6.07 Å². The second-order valence-corrected chi connectivity index (χ2v) is 8.89. The minimum atomic E-state index is -4.59. The summed E-state index contributed by atoms with van der Waals surface area (Å²) in [5.41, 5.74) is -0.602. The second kappa shape index (κ2) is 8.78. The van der Waals surface area contributed by atoms with Crippen molar-refractivity contribution in [2.45, 2.75) is 37.9 Å². The van der Waals surface area contributed by atoms with E-state index in [1.54, 1.807) is 24.3 Å². The molecule has 5 rings (SSSR count). The Kier molecular flexibility index (Phi) is 5.74. The third-order valence-corrected chi connectivity index (χ3v) is 6.47. The van der Waals surface area contributed by atoms with Crippen LogP contribution < -0.4 is 11.0 Å². The number of halogens is 3. The molecule has 1 aliphatic rings. The second-order valence-electron chi connectivity index (χ2n) is 8.89. The number of benzene rings is 3. The summed E-state index contributed by atoms with van der Waals surface area (Å²) in [6.07, 6.45) is -0.593. The lowest BCUT2D eigenvalue weighted by atomic mass is 10.0. The van der Waals surface area contributed by atoms with Gasteiger partial charge in [0, 0.05) is 23.2 Å². The van der Waals surface area contributed by atoms with E-state index in [9.17, 15) is 33.0 Å². The standard InChI is InChI=1S/C26H22F3N3O4/c27-26(28,29)16-8-9-20-19(11-16)31-25(36)32(20)21-12-18(22(33)13-23(21)34)14-4-3-5-15(10-14)24(35)30-17-6-1-2-7-17/h3-5,8-13,17,33-34H,1-2,6-7H2,(H,30,35)(H,31,36). The van der Waals surface area contributed by atoms with E-state index < -0.39 is 23.2 Å². The van der Waals surface area contributed by atoms with Crippen molar-refractivity contribution < 1.29 is 28.2 Å². The molecule has 0 bridgehead atoms. The van der Waals surface area contributed by atoms with Crippen molar-refractivity contribution in [1.82, 2.24) is 14.9 Å². The summed E-state index contributed by atoms with van der Waals surface area (Å²) in [7, 11) is 0. The van der Waals surface area contributed by atoms with Gasteiger partial charge in [-0.2, -0.15) is 13.2 Å². The summed E-state index contributed by atoms with van der Waals surface area (Å²) in [6, 6.07) is 11.9. The highest BCUT2D eigenvalue weighted by Gasteiger charge is 2.31. The molecule has 186 valence electrons. The maximum atomic E-state index is 13.1. The first-order chi connectivity index (χ1) is 17.1. The zero-order valence-corrected chi connectivity index (χ0v) is 18.9. The number of nitrogens with one attached hydrogen (secondary N) is 2. The van der Waals surface area contributed by atoms with Gasteiger partial charge in [-0.15, -0.1) is 0 Å². The summed E-state index contributed by atoms with van der Waals surface area (Å²) in [5, 5.41) is 24.1. The number of aromatic amines is 1. The number of aromatic nitrogens is 2. The van der Waals surface area contributed by atoms with Gasteiger partial charge in [0.1, 0.15) is 11.5 Å². The van der Waals surface area contributed by atoms with Crippen LogP contribution >= 0.6 is 0 Å². The van der Waals surface area contributed by atoms with Crippen LogP contribution in [0.1, 0.15) is 41.6 Å². The first-order valence-electron chi connectivity index (χ1n) is 11.4. The van der Waals surface area contributed by atoms with Crippen molar-refractivity contribution in [3.8, 4) is 28.3 Å². The SMILES string of the molecule is O=C(NC1CCCC1)c1cccc(-c2cc(-n3c(=O)[nH]c4cc(C(F)(F)F)ccc43)c(O)cc2O)c1. The molecule has 4 aromatic rings. The third kappa shape index (κ3) is 4.30. The summed E-state index contributed by atoms with van der Waals surface area (Å²) < 4.78 is 40.3. The van der Waals surface area contributed by atoms with Gasteiger partial charge in [0.2, 0.25) is 0 Å². The van der Waals surface area contributed by atoms with Crippen LogP contribution in [0, 0.1) is 0 Å². The van der Waals surface area contributed by atoms with Gasteiger partial charge in [-0.25, -0.2) is 4.79 Å². The molecule has 1 aromatic heterocycles. The quantitative estimate of drug-likeness (QED) is 0.315. The van der Waals surface area contributed by atoms with E-state index in [0.717, 1.165) is 54.5 Å². The van der Waals surface area contributed by atoms with Crippen molar-refractivity contribution >= 4 is 16.9 Å². The Labute approximate surface area is 202 Å². The number of hydrogen-bond donors (Lipinski definition) is 4. The molecule has 0 radical (unpaired) electrons. The van der Waals surface area contributed by atoms with E-state index in [1.807, 2.05) is 0 Å². The van der Waals surface area contributed by atoms with Gasteiger partial charge in [-0.3, -0.25) is 9.36 Å². The number of alkyl halides is 3. The van der Waals surface area contributed by atoms with Crippen LogP contribution in [0.3, 0.4) is 0 Å². The Morgan fingerprint density at radius 1 is 1.00 bits per heavy atom. The van der Waals surface area contributed by atoms with Gasteiger partial charge >= 0.3 is 11.9 Å². The molecule has 4 N–H and O–H groups in total. The maximum Gasteiger partial charge on any atom is 0.416 e. The van der Waals surface area contributed by atoms with E-state index in [4.69, 9.17) is 0 Å². The van der Waals surface area contributed by atoms with E-state index in [2.05, 4.69) is 10.3 Å². The lowest BCUT2D eigenvalue weighted by Gasteiger charge is -2.14. The molecule has 0 spiro atoms. The number of aromatic hydroxyl groups is 2. The molecular weight excluding hydrogens is 475 g/mol. The molecule has 0 atom stereocenters. The number of phenolic OH excluding ortho intramolecular Hbond substituents is 2. The predicted octanol–water partition coefficient (Wildman–Crippen LogP) is 5.09. The summed E-state index contributed by atoms with van der Waals surface area (Å²) in [6.45, 7) is 0. The summed E-state index contributed by atoms with van der Waals surface area (Å²) in [5.74, 6) is -0.985. The molecule has 0 saturated heterocycles. The average molecular weight is 497 g/mol. The first-order valence-corrected chi connectivity index (χ1v) is 11.4. The Bertz CT molecular complexity index is 1530. The van der Waals surface area contributed by atoms with Crippen LogP contribution in [0.5, 0.6) is 11.5 Å². The fourth-order valence-electron chi connectivity index (χ4n) is 4.67. The minimum Gasteiger partial charge on any atom is -0.507 e.